The molecule has 0 saturated carbocycles. The van der Waals surface area contributed by atoms with Gasteiger partial charge in [0.25, 0.3) is 0 Å². The Balaban J connectivity index is 1.75. The van der Waals surface area contributed by atoms with Gasteiger partial charge in [0, 0.05) is 31.3 Å². The Morgan fingerprint density at radius 1 is 1.16 bits per heavy atom. The van der Waals surface area contributed by atoms with Crippen molar-refractivity contribution in [3.05, 3.63) is 77.6 Å². The number of benzene rings is 2. The maximum absolute atomic E-state index is 13.4. The molecule has 2 atom stereocenters. The quantitative estimate of drug-likeness (QED) is 0.781. The van der Waals surface area contributed by atoms with Gasteiger partial charge in [-0.15, -0.1) is 6.42 Å². The molecule has 2 aromatic carbocycles. The molecule has 0 bridgehead atoms. The van der Waals surface area contributed by atoms with Crippen molar-refractivity contribution in [3.8, 4) is 12.3 Å². The van der Waals surface area contributed by atoms with Crippen molar-refractivity contribution in [1.29, 1.82) is 0 Å². The van der Waals surface area contributed by atoms with E-state index in [1.54, 1.807) is 11.9 Å². The first-order valence-corrected chi connectivity index (χ1v) is 10.6. The lowest BCUT2D eigenvalue weighted by Crippen LogP contribution is -2.57. The Hall–Kier alpha value is -3.52. The standard InChI is InChI=1S/C26H27N3O2/c1-5-19-9-8-10-21(17-19)26(3)24(25(31)28(4)18(2)27-26)20-12-14-22(15-13-20)29-16-7-6-11-23(29)30/h1,8-10,12-15,17,24,27H,2,6-7,11,16H2,3-4H3/t24-,26+/m0/s1. The van der Waals surface area contributed by atoms with Gasteiger partial charge in [0.1, 0.15) is 5.82 Å². The minimum absolute atomic E-state index is 0.0424. The smallest absolute Gasteiger partial charge is 0.238 e. The van der Waals surface area contributed by atoms with Gasteiger partial charge in [-0.25, -0.2) is 0 Å². The SMILES string of the molecule is C#Cc1cccc([C@@]2(C)NC(=C)N(C)C(=O)[C@@H]2c2ccc(N3CCCCC3=O)cc2)c1. The van der Waals surface area contributed by atoms with Gasteiger partial charge in [0.2, 0.25) is 11.8 Å². The topological polar surface area (TPSA) is 52.7 Å². The van der Waals surface area contributed by atoms with Crippen molar-refractivity contribution in [2.45, 2.75) is 37.6 Å². The van der Waals surface area contributed by atoms with E-state index >= 15 is 0 Å². The fourth-order valence-electron chi connectivity index (χ4n) is 4.60. The number of carbonyl (C=O) groups is 2. The summed E-state index contributed by atoms with van der Waals surface area (Å²) in [6.07, 6.45) is 8.16. The van der Waals surface area contributed by atoms with Crippen LogP contribution in [0, 0.1) is 12.3 Å². The summed E-state index contributed by atoms with van der Waals surface area (Å²) in [6, 6.07) is 15.5. The van der Waals surface area contributed by atoms with Crippen LogP contribution in [0.15, 0.2) is 60.9 Å². The highest BCUT2D eigenvalue weighted by Crippen LogP contribution is 2.42. The second-order valence-corrected chi connectivity index (χ2v) is 8.42. The number of rotatable bonds is 3. The van der Waals surface area contributed by atoms with Crippen molar-refractivity contribution >= 4 is 17.5 Å². The Labute approximate surface area is 183 Å². The molecule has 2 saturated heterocycles. The first-order chi connectivity index (χ1) is 14.8. The van der Waals surface area contributed by atoms with Gasteiger partial charge in [0.15, 0.2) is 0 Å². The lowest BCUT2D eigenvalue weighted by molar-refractivity contribution is -0.134. The number of carbonyl (C=O) groups excluding carboxylic acids is 2. The highest BCUT2D eigenvalue weighted by Gasteiger charge is 2.47. The number of nitrogens with zero attached hydrogens (tertiary/aromatic N) is 2. The van der Waals surface area contributed by atoms with E-state index in [9.17, 15) is 9.59 Å². The predicted molar refractivity (Wildman–Crippen MR) is 122 cm³/mol. The average Bonchev–Trinajstić information content (AvgIpc) is 2.78. The summed E-state index contributed by atoms with van der Waals surface area (Å²) in [5, 5.41) is 3.45. The van der Waals surface area contributed by atoms with E-state index in [4.69, 9.17) is 6.42 Å². The molecular formula is C26H27N3O2. The highest BCUT2D eigenvalue weighted by atomic mass is 16.2. The molecule has 2 amide bonds. The molecule has 2 aliphatic rings. The number of amides is 2. The molecule has 2 aliphatic heterocycles. The molecule has 0 aromatic heterocycles. The molecule has 0 unspecified atom stereocenters. The summed E-state index contributed by atoms with van der Waals surface area (Å²) < 4.78 is 0. The summed E-state index contributed by atoms with van der Waals surface area (Å²) in [6.45, 7) is 6.77. The molecule has 2 aromatic rings. The Kier molecular flexibility index (Phi) is 5.32. The Bertz CT molecular complexity index is 1080. The van der Waals surface area contributed by atoms with Crippen LogP contribution in [0.2, 0.25) is 0 Å². The average molecular weight is 414 g/mol. The third-order valence-corrected chi connectivity index (χ3v) is 6.45. The van der Waals surface area contributed by atoms with Crippen molar-refractivity contribution in [2.75, 3.05) is 18.5 Å². The summed E-state index contributed by atoms with van der Waals surface area (Å²) in [5.74, 6) is 2.85. The zero-order chi connectivity index (χ0) is 22.2. The number of piperidine rings is 1. The second-order valence-electron chi connectivity index (χ2n) is 8.42. The highest BCUT2D eigenvalue weighted by molar-refractivity contribution is 5.94. The van der Waals surface area contributed by atoms with Crippen LogP contribution in [0.3, 0.4) is 0 Å². The van der Waals surface area contributed by atoms with E-state index in [1.165, 1.54) is 0 Å². The predicted octanol–water partition coefficient (Wildman–Crippen LogP) is 3.72. The summed E-state index contributed by atoms with van der Waals surface area (Å²) in [4.78, 5) is 29.1. The maximum Gasteiger partial charge on any atom is 0.238 e. The van der Waals surface area contributed by atoms with Crippen molar-refractivity contribution < 1.29 is 9.59 Å². The minimum atomic E-state index is -0.726. The molecule has 2 fully saturated rings. The third kappa shape index (κ3) is 3.59. The van der Waals surface area contributed by atoms with Gasteiger partial charge >= 0.3 is 0 Å². The van der Waals surface area contributed by atoms with E-state index in [2.05, 4.69) is 17.8 Å². The number of likely N-dealkylation sites (N-methyl/N-ethyl adjacent to an activating group) is 1. The number of hydrogen-bond donors (Lipinski definition) is 1. The largest absolute Gasteiger partial charge is 0.362 e. The fourth-order valence-corrected chi connectivity index (χ4v) is 4.60. The van der Waals surface area contributed by atoms with Crippen LogP contribution < -0.4 is 10.2 Å². The van der Waals surface area contributed by atoms with Crippen LogP contribution in [0.25, 0.3) is 0 Å². The van der Waals surface area contributed by atoms with E-state index in [-0.39, 0.29) is 11.8 Å². The van der Waals surface area contributed by atoms with Gasteiger partial charge < -0.3 is 15.1 Å². The minimum Gasteiger partial charge on any atom is -0.362 e. The molecule has 0 aliphatic carbocycles. The summed E-state index contributed by atoms with van der Waals surface area (Å²) >= 11 is 0. The summed E-state index contributed by atoms with van der Waals surface area (Å²) in [7, 11) is 1.73. The molecular weight excluding hydrogens is 386 g/mol. The zero-order valence-corrected chi connectivity index (χ0v) is 18.0. The van der Waals surface area contributed by atoms with E-state index in [1.807, 2.05) is 60.4 Å². The van der Waals surface area contributed by atoms with Crippen LogP contribution in [-0.2, 0) is 15.1 Å². The van der Waals surface area contributed by atoms with Crippen LogP contribution in [0.1, 0.15) is 48.8 Å². The lowest BCUT2D eigenvalue weighted by atomic mass is 9.73. The van der Waals surface area contributed by atoms with Gasteiger partial charge in [-0.3, -0.25) is 9.59 Å². The van der Waals surface area contributed by atoms with E-state index in [0.717, 1.165) is 41.8 Å². The van der Waals surface area contributed by atoms with Crippen LogP contribution in [-0.4, -0.2) is 30.3 Å². The maximum atomic E-state index is 13.4. The van der Waals surface area contributed by atoms with Gasteiger partial charge in [-0.1, -0.05) is 36.8 Å². The second kappa shape index (κ2) is 7.96. The van der Waals surface area contributed by atoms with Crippen molar-refractivity contribution in [3.63, 3.8) is 0 Å². The molecule has 31 heavy (non-hydrogen) atoms. The Morgan fingerprint density at radius 2 is 1.90 bits per heavy atom. The normalized spacial score (nSPS) is 24.0. The molecule has 4 rings (SSSR count). The van der Waals surface area contributed by atoms with E-state index in [0.29, 0.717) is 12.2 Å². The van der Waals surface area contributed by atoms with Gasteiger partial charge in [0.05, 0.1) is 11.5 Å². The van der Waals surface area contributed by atoms with Gasteiger partial charge in [-0.2, -0.15) is 0 Å². The van der Waals surface area contributed by atoms with Crippen molar-refractivity contribution in [1.82, 2.24) is 10.2 Å². The monoisotopic (exact) mass is 413 g/mol. The number of nitrogens with one attached hydrogen (secondary N) is 1. The number of terminal acetylenes is 1. The number of anilines is 1. The van der Waals surface area contributed by atoms with Gasteiger partial charge in [-0.05, 0) is 55.2 Å². The number of hydrogen-bond acceptors (Lipinski definition) is 3. The third-order valence-electron chi connectivity index (χ3n) is 6.45. The molecule has 158 valence electrons. The summed E-state index contributed by atoms with van der Waals surface area (Å²) in [5.41, 5.74) is 2.70. The molecule has 2 heterocycles. The van der Waals surface area contributed by atoms with Crippen LogP contribution in [0.5, 0.6) is 0 Å². The van der Waals surface area contributed by atoms with E-state index < -0.39 is 11.5 Å². The van der Waals surface area contributed by atoms with Crippen LogP contribution >= 0.6 is 0 Å². The first kappa shape index (κ1) is 20.7. The first-order valence-electron chi connectivity index (χ1n) is 10.6. The molecule has 0 radical (unpaired) electrons. The lowest BCUT2D eigenvalue weighted by Gasteiger charge is -2.47. The molecule has 1 N–H and O–H groups in total. The molecule has 0 spiro atoms. The van der Waals surface area contributed by atoms with Crippen molar-refractivity contribution in [2.24, 2.45) is 0 Å². The zero-order valence-electron chi connectivity index (χ0n) is 18.0. The van der Waals surface area contributed by atoms with Crippen LogP contribution in [0.4, 0.5) is 5.69 Å². The molecule has 5 nitrogen and oxygen atoms in total. The fraction of sp³-hybridized carbons (Fsp3) is 0.308. The Morgan fingerprint density at radius 3 is 2.58 bits per heavy atom. The molecule has 5 heteroatoms.